The molecule has 1 fully saturated rings. The molecule has 0 spiro atoms. The number of hydrogen-bond acceptors (Lipinski definition) is 4. The quantitative estimate of drug-likeness (QED) is 0.785. The summed E-state index contributed by atoms with van der Waals surface area (Å²) in [6.07, 6.45) is 0.903. The summed E-state index contributed by atoms with van der Waals surface area (Å²) in [5.41, 5.74) is 0. The first-order valence-electron chi connectivity index (χ1n) is 6.39. The molecule has 0 amide bonds. The van der Waals surface area contributed by atoms with Crippen LogP contribution in [-0.2, 0) is 19.6 Å². The van der Waals surface area contributed by atoms with E-state index in [0.717, 1.165) is 0 Å². The lowest BCUT2D eigenvalue weighted by Gasteiger charge is -2.29. The molecular weight excluding hydrogens is 337 g/mol. The average molecular weight is 352 g/mol. The summed E-state index contributed by atoms with van der Waals surface area (Å²) in [5.74, 6) is -0.531. The lowest BCUT2D eigenvalue weighted by molar-refractivity contribution is -0.146. The second-order valence-corrected chi connectivity index (χ2v) is 7.53. The third-order valence-corrected chi connectivity index (χ3v) is 6.15. The minimum Gasteiger partial charge on any atom is -0.469 e. The normalized spacial score (nSPS) is 17.7. The zero-order valence-electron chi connectivity index (χ0n) is 11.4. The van der Waals surface area contributed by atoms with Crippen LogP contribution in [0.15, 0.2) is 23.1 Å². The third kappa shape index (κ3) is 3.51. The van der Waals surface area contributed by atoms with Gasteiger partial charge in [-0.25, -0.2) is 8.42 Å². The van der Waals surface area contributed by atoms with Crippen LogP contribution in [0.5, 0.6) is 0 Å². The van der Waals surface area contributed by atoms with Gasteiger partial charge in [-0.2, -0.15) is 4.31 Å². The van der Waals surface area contributed by atoms with Gasteiger partial charge < -0.3 is 4.74 Å². The zero-order chi connectivity index (χ0) is 15.6. The highest BCUT2D eigenvalue weighted by atomic mass is 35.5. The lowest BCUT2D eigenvalue weighted by atomic mass is 9.99. The first kappa shape index (κ1) is 16.5. The molecule has 21 heavy (non-hydrogen) atoms. The molecule has 0 atom stereocenters. The Kier molecular flexibility index (Phi) is 5.14. The van der Waals surface area contributed by atoms with Crippen LogP contribution < -0.4 is 0 Å². The second-order valence-electron chi connectivity index (χ2n) is 4.78. The van der Waals surface area contributed by atoms with Crippen molar-refractivity contribution in [3.63, 3.8) is 0 Å². The number of methoxy groups -OCH3 is 1. The SMILES string of the molecule is COC(=O)C1CCN(S(=O)(=O)c2ccc(Cl)c(Cl)c2)CC1. The van der Waals surface area contributed by atoms with Crippen molar-refractivity contribution in [3.05, 3.63) is 28.2 Å². The van der Waals surface area contributed by atoms with Gasteiger partial charge in [-0.05, 0) is 31.0 Å². The minimum absolute atomic E-state index is 0.105. The first-order valence-corrected chi connectivity index (χ1v) is 8.59. The Labute approximate surface area is 133 Å². The van der Waals surface area contributed by atoms with E-state index in [9.17, 15) is 13.2 Å². The second kappa shape index (κ2) is 6.52. The van der Waals surface area contributed by atoms with Crippen molar-refractivity contribution in [2.24, 2.45) is 5.92 Å². The van der Waals surface area contributed by atoms with Gasteiger partial charge >= 0.3 is 5.97 Å². The summed E-state index contributed by atoms with van der Waals surface area (Å²) < 4.78 is 31.0. The minimum atomic E-state index is -3.62. The number of rotatable bonds is 3. The van der Waals surface area contributed by atoms with Crippen LogP contribution in [0.4, 0.5) is 0 Å². The number of piperidine rings is 1. The van der Waals surface area contributed by atoms with E-state index in [1.807, 2.05) is 0 Å². The molecule has 1 aromatic rings. The van der Waals surface area contributed by atoms with Crippen LogP contribution in [0.3, 0.4) is 0 Å². The van der Waals surface area contributed by atoms with Gasteiger partial charge in [0.2, 0.25) is 10.0 Å². The number of benzene rings is 1. The molecule has 0 aromatic heterocycles. The molecule has 1 heterocycles. The molecule has 8 heteroatoms. The maximum absolute atomic E-state index is 12.5. The van der Waals surface area contributed by atoms with E-state index in [-0.39, 0.29) is 34.9 Å². The molecule has 1 saturated heterocycles. The number of sulfonamides is 1. The van der Waals surface area contributed by atoms with Gasteiger partial charge in [0.05, 0.1) is 28.0 Å². The molecule has 0 N–H and O–H groups in total. The van der Waals surface area contributed by atoms with Crippen molar-refractivity contribution in [1.82, 2.24) is 4.31 Å². The molecule has 5 nitrogen and oxygen atoms in total. The fourth-order valence-electron chi connectivity index (χ4n) is 2.28. The summed E-state index contributed by atoms with van der Waals surface area (Å²) >= 11 is 11.7. The summed E-state index contributed by atoms with van der Waals surface area (Å²) in [6, 6.07) is 4.22. The Balaban J connectivity index is 2.14. The Morgan fingerprint density at radius 3 is 2.38 bits per heavy atom. The van der Waals surface area contributed by atoms with Gasteiger partial charge in [-0.15, -0.1) is 0 Å². The molecule has 1 aliphatic rings. The maximum atomic E-state index is 12.5. The third-order valence-electron chi connectivity index (χ3n) is 3.52. The van der Waals surface area contributed by atoms with Crippen molar-refractivity contribution >= 4 is 39.2 Å². The lowest BCUT2D eigenvalue weighted by Crippen LogP contribution is -2.40. The number of nitrogens with zero attached hydrogens (tertiary/aromatic N) is 1. The number of carbonyl (C=O) groups is 1. The molecule has 0 unspecified atom stereocenters. The largest absolute Gasteiger partial charge is 0.469 e. The van der Waals surface area contributed by atoms with E-state index in [4.69, 9.17) is 23.2 Å². The molecule has 2 rings (SSSR count). The monoisotopic (exact) mass is 351 g/mol. The Hall–Kier alpha value is -0.820. The molecule has 1 aromatic carbocycles. The Morgan fingerprint density at radius 1 is 1.24 bits per heavy atom. The van der Waals surface area contributed by atoms with E-state index in [0.29, 0.717) is 17.9 Å². The highest BCUT2D eigenvalue weighted by molar-refractivity contribution is 7.89. The Morgan fingerprint density at radius 2 is 1.86 bits per heavy atom. The predicted octanol–water partition coefficient (Wildman–Crippen LogP) is 2.57. The predicted molar refractivity (Wildman–Crippen MR) is 80.0 cm³/mol. The molecule has 0 radical (unpaired) electrons. The van der Waals surface area contributed by atoms with Crippen molar-refractivity contribution < 1.29 is 17.9 Å². The molecule has 116 valence electrons. The molecule has 0 saturated carbocycles. The smallest absolute Gasteiger partial charge is 0.308 e. The van der Waals surface area contributed by atoms with Gasteiger partial charge in [-0.3, -0.25) is 4.79 Å². The van der Waals surface area contributed by atoms with E-state index in [1.54, 1.807) is 0 Å². The summed E-state index contributed by atoms with van der Waals surface area (Å²) in [5, 5.41) is 0.502. The van der Waals surface area contributed by atoms with Crippen LogP contribution >= 0.6 is 23.2 Å². The number of esters is 1. The van der Waals surface area contributed by atoms with Crippen LogP contribution in [0, 0.1) is 5.92 Å². The molecule has 1 aliphatic heterocycles. The summed E-state index contributed by atoms with van der Waals surface area (Å²) in [7, 11) is -2.28. The average Bonchev–Trinajstić information content (AvgIpc) is 2.49. The fourth-order valence-corrected chi connectivity index (χ4v) is 4.14. The fraction of sp³-hybridized carbons (Fsp3) is 0.462. The van der Waals surface area contributed by atoms with Gasteiger partial charge in [0, 0.05) is 13.1 Å². The molecule has 0 aliphatic carbocycles. The molecular formula is C13H15Cl2NO4S. The number of carbonyl (C=O) groups excluding carboxylic acids is 1. The topological polar surface area (TPSA) is 63.7 Å². The van der Waals surface area contributed by atoms with E-state index < -0.39 is 10.0 Å². The Bertz CT molecular complexity index is 640. The standard InChI is InChI=1S/C13H15Cl2NO4S/c1-20-13(17)9-4-6-16(7-5-9)21(18,19)10-2-3-11(14)12(15)8-10/h2-3,8-9H,4-7H2,1H3. The maximum Gasteiger partial charge on any atom is 0.308 e. The van der Waals surface area contributed by atoms with Crippen LogP contribution in [-0.4, -0.2) is 38.9 Å². The van der Waals surface area contributed by atoms with Gasteiger partial charge in [0.25, 0.3) is 0 Å². The van der Waals surface area contributed by atoms with Crippen LogP contribution in [0.1, 0.15) is 12.8 Å². The van der Waals surface area contributed by atoms with Crippen molar-refractivity contribution in [2.45, 2.75) is 17.7 Å². The van der Waals surface area contributed by atoms with E-state index in [1.165, 1.54) is 29.6 Å². The van der Waals surface area contributed by atoms with Crippen LogP contribution in [0.2, 0.25) is 10.0 Å². The van der Waals surface area contributed by atoms with Crippen LogP contribution in [0.25, 0.3) is 0 Å². The zero-order valence-corrected chi connectivity index (χ0v) is 13.7. The number of hydrogen-bond donors (Lipinski definition) is 0. The number of halogens is 2. The number of ether oxygens (including phenoxy) is 1. The molecule has 0 bridgehead atoms. The highest BCUT2D eigenvalue weighted by Gasteiger charge is 2.32. The van der Waals surface area contributed by atoms with E-state index >= 15 is 0 Å². The van der Waals surface area contributed by atoms with Crippen molar-refractivity contribution in [2.75, 3.05) is 20.2 Å². The summed E-state index contributed by atoms with van der Waals surface area (Å²) in [6.45, 7) is 0.560. The highest BCUT2D eigenvalue weighted by Crippen LogP contribution is 2.29. The summed E-state index contributed by atoms with van der Waals surface area (Å²) in [4.78, 5) is 11.6. The van der Waals surface area contributed by atoms with Gasteiger partial charge in [0.1, 0.15) is 0 Å². The van der Waals surface area contributed by atoms with Crippen molar-refractivity contribution in [1.29, 1.82) is 0 Å². The van der Waals surface area contributed by atoms with Gasteiger partial charge in [0.15, 0.2) is 0 Å². The first-order chi connectivity index (χ1) is 9.86. The van der Waals surface area contributed by atoms with Gasteiger partial charge in [-0.1, -0.05) is 23.2 Å². The van der Waals surface area contributed by atoms with E-state index in [2.05, 4.69) is 4.74 Å². The van der Waals surface area contributed by atoms with Crippen molar-refractivity contribution in [3.8, 4) is 0 Å².